The summed E-state index contributed by atoms with van der Waals surface area (Å²) < 4.78 is 5.21. The maximum absolute atomic E-state index is 11.1. The van der Waals surface area contributed by atoms with Gasteiger partial charge in [0.1, 0.15) is 11.1 Å². The number of rotatable bonds is 3. The number of aliphatic carboxylic acids is 1. The molecule has 0 aromatic carbocycles. The topological polar surface area (TPSA) is 59.4 Å². The fraction of sp³-hybridized carbons (Fsp3) is 0.636. The van der Waals surface area contributed by atoms with Crippen molar-refractivity contribution in [1.29, 1.82) is 0 Å². The minimum atomic E-state index is -0.761. The van der Waals surface area contributed by atoms with Crippen molar-refractivity contribution in [2.45, 2.75) is 38.2 Å². The predicted molar refractivity (Wildman–Crippen MR) is 60.9 cm³/mol. The number of methoxy groups -OCH3 is 1. The van der Waals surface area contributed by atoms with E-state index in [1.807, 2.05) is 6.92 Å². The molecule has 16 heavy (non-hydrogen) atoms. The summed E-state index contributed by atoms with van der Waals surface area (Å²) in [6, 6.07) is 0. The van der Waals surface area contributed by atoms with Gasteiger partial charge >= 0.3 is 5.97 Å². The van der Waals surface area contributed by atoms with Crippen molar-refractivity contribution in [3.05, 3.63) is 15.6 Å². The monoisotopic (exact) mass is 241 g/mol. The number of aryl methyl sites for hydroxylation is 1. The van der Waals surface area contributed by atoms with Gasteiger partial charge in [-0.05, 0) is 26.2 Å². The summed E-state index contributed by atoms with van der Waals surface area (Å²) in [5.74, 6) is -1.18. The molecular weight excluding hydrogens is 226 g/mol. The first-order chi connectivity index (χ1) is 7.63. The molecular formula is C11H15NO3S. The first-order valence-electron chi connectivity index (χ1n) is 5.38. The van der Waals surface area contributed by atoms with Crippen LogP contribution in [0.1, 0.15) is 47.4 Å². The second kappa shape index (κ2) is 4.51. The fourth-order valence-corrected chi connectivity index (χ4v) is 3.15. The Kier molecular flexibility index (Phi) is 3.25. The van der Waals surface area contributed by atoms with Crippen molar-refractivity contribution in [2.75, 3.05) is 7.11 Å². The molecule has 1 aromatic heterocycles. The SMILES string of the molecule is COC(C)c1nc2c(s1)CCCC2C(=O)O. The molecule has 1 aromatic rings. The van der Waals surface area contributed by atoms with Crippen LogP contribution in [-0.2, 0) is 16.0 Å². The lowest BCUT2D eigenvalue weighted by atomic mass is 9.91. The number of hydrogen-bond acceptors (Lipinski definition) is 4. The van der Waals surface area contributed by atoms with E-state index >= 15 is 0 Å². The molecule has 88 valence electrons. The number of nitrogens with zero attached hydrogens (tertiary/aromatic N) is 1. The lowest BCUT2D eigenvalue weighted by molar-refractivity contribution is -0.139. The van der Waals surface area contributed by atoms with Crippen molar-refractivity contribution in [1.82, 2.24) is 4.98 Å². The Morgan fingerprint density at radius 3 is 3.06 bits per heavy atom. The maximum atomic E-state index is 11.1. The van der Waals surface area contributed by atoms with E-state index in [-0.39, 0.29) is 6.10 Å². The predicted octanol–water partition coefficient (Wildman–Crippen LogP) is 2.35. The van der Waals surface area contributed by atoms with Crippen molar-refractivity contribution >= 4 is 17.3 Å². The van der Waals surface area contributed by atoms with Crippen molar-refractivity contribution in [3.63, 3.8) is 0 Å². The Morgan fingerprint density at radius 1 is 1.69 bits per heavy atom. The van der Waals surface area contributed by atoms with Crippen LogP contribution in [0.4, 0.5) is 0 Å². The van der Waals surface area contributed by atoms with E-state index in [2.05, 4.69) is 4.98 Å². The Morgan fingerprint density at radius 2 is 2.44 bits per heavy atom. The molecule has 0 fully saturated rings. The molecule has 0 spiro atoms. The van der Waals surface area contributed by atoms with E-state index < -0.39 is 11.9 Å². The smallest absolute Gasteiger partial charge is 0.312 e. The number of hydrogen-bond donors (Lipinski definition) is 1. The van der Waals surface area contributed by atoms with E-state index in [4.69, 9.17) is 9.84 Å². The zero-order valence-electron chi connectivity index (χ0n) is 9.40. The van der Waals surface area contributed by atoms with Crippen LogP contribution in [0.5, 0.6) is 0 Å². The zero-order chi connectivity index (χ0) is 11.7. The quantitative estimate of drug-likeness (QED) is 0.882. The highest BCUT2D eigenvalue weighted by molar-refractivity contribution is 7.11. The van der Waals surface area contributed by atoms with Crippen LogP contribution in [0.25, 0.3) is 0 Å². The summed E-state index contributed by atoms with van der Waals surface area (Å²) in [6.45, 7) is 1.93. The van der Waals surface area contributed by atoms with Crippen LogP contribution in [0, 0.1) is 0 Å². The first-order valence-corrected chi connectivity index (χ1v) is 6.20. The summed E-state index contributed by atoms with van der Waals surface area (Å²) in [6.07, 6.45) is 2.54. The lowest BCUT2D eigenvalue weighted by Crippen LogP contribution is -2.17. The highest BCUT2D eigenvalue weighted by Gasteiger charge is 2.30. The van der Waals surface area contributed by atoms with E-state index in [0.717, 1.165) is 28.4 Å². The maximum Gasteiger partial charge on any atom is 0.312 e. The van der Waals surface area contributed by atoms with Gasteiger partial charge in [0.05, 0.1) is 11.6 Å². The Hall–Kier alpha value is -0.940. The third-order valence-corrected chi connectivity index (χ3v) is 4.26. The fourth-order valence-electron chi connectivity index (χ4n) is 1.95. The van der Waals surface area contributed by atoms with E-state index in [1.54, 1.807) is 18.4 Å². The molecule has 0 saturated heterocycles. The van der Waals surface area contributed by atoms with Gasteiger partial charge in [-0.2, -0.15) is 0 Å². The molecule has 0 saturated carbocycles. The minimum Gasteiger partial charge on any atom is -0.481 e. The molecule has 2 rings (SSSR count). The summed E-state index contributed by atoms with van der Waals surface area (Å²) in [7, 11) is 1.64. The molecule has 0 bridgehead atoms. The van der Waals surface area contributed by atoms with Crippen LogP contribution >= 0.6 is 11.3 Å². The molecule has 0 amide bonds. The van der Waals surface area contributed by atoms with E-state index in [0.29, 0.717) is 6.42 Å². The average molecular weight is 241 g/mol. The summed E-state index contributed by atoms with van der Waals surface area (Å²) in [4.78, 5) is 16.7. The Balaban J connectivity index is 2.34. The number of thiazole rings is 1. The summed E-state index contributed by atoms with van der Waals surface area (Å²) in [5.41, 5.74) is 0.766. The molecule has 1 N–H and O–H groups in total. The molecule has 1 aliphatic carbocycles. The normalized spacial score (nSPS) is 21.5. The highest BCUT2D eigenvalue weighted by Crippen LogP contribution is 2.37. The number of carboxylic acid groups (broad SMARTS) is 1. The first kappa shape index (κ1) is 11.5. The van der Waals surface area contributed by atoms with Gasteiger partial charge in [-0.1, -0.05) is 0 Å². The van der Waals surface area contributed by atoms with Gasteiger partial charge in [-0.3, -0.25) is 4.79 Å². The number of aromatic nitrogens is 1. The highest BCUT2D eigenvalue weighted by atomic mass is 32.1. The van der Waals surface area contributed by atoms with Crippen molar-refractivity contribution in [2.24, 2.45) is 0 Å². The van der Waals surface area contributed by atoms with Crippen molar-refractivity contribution < 1.29 is 14.6 Å². The Bertz CT molecular complexity index is 402. The minimum absolute atomic E-state index is 0.0509. The largest absolute Gasteiger partial charge is 0.481 e. The molecule has 0 radical (unpaired) electrons. The zero-order valence-corrected chi connectivity index (χ0v) is 10.2. The van der Waals surface area contributed by atoms with Crippen LogP contribution in [0.15, 0.2) is 0 Å². The van der Waals surface area contributed by atoms with Gasteiger partial charge < -0.3 is 9.84 Å². The van der Waals surface area contributed by atoms with Gasteiger partial charge in [0.2, 0.25) is 0 Å². The third-order valence-electron chi connectivity index (χ3n) is 2.97. The van der Waals surface area contributed by atoms with E-state index in [9.17, 15) is 4.79 Å². The van der Waals surface area contributed by atoms with Crippen LogP contribution in [-0.4, -0.2) is 23.2 Å². The number of ether oxygens (including phenoxy) is 1. The molecule has 4 nitrogen and oxygen atoms in total. The average Bonchev–Trinajstić information content (AvgIpc) is 2.70. The summed E-state index contributed by atoms with van der Waals surface area (Å²) >= 11 is 1.59. The van der Waals surface area contributed by atoms with Crippen LogP contribution in [0.3, 0.4) is 0 Å². The number of carboxylic acids is 1. The molecule has 0 aliphatic heterocycles. The summed E-state index contributed by atoms with van der Waals surface area (Å²) in [5, 5.41) is 10.0. The van der Waals surface area contributed by atoms with Crippen LogP contribution < -0.4 is 0 Å². The van der Waals surface area contributed by atoms with E-state index in [1.165, 1.54) is 0 Å². The standard InChI is InChI=1S/C11H15NO3S/c1-6(15-2)10-12-9-7(11(13)14)4-3-5-8(9)16-10/h6-7H,3-5H2,1-2H3,(H,13,14). The second-order valence-electron chi connectivity index (χ2n) is 4.02. The van der Waals surface area contributed by atoms with Gasteiger partial charge in [0, 0.05) is 12.0 Å². The molecule has 2 atom stereocenters. The third kappa shape index (κ3) is 1.97. The van der Waals surface area contributed by atoms with Gasteiger partial charge in [0.15, 0.2) is 0 Å². The Labute approximate surface area is 98.3 Å². The number of fused-ring (bicyclic) bond motifs is 1. The van der Waals surface area contributed by atoms with Gasteiger partial charge in [0.25, 0.3) is 0 Å². The van der Waals surface area contributed by atoms with Crippen molar-refractivity contribution in [3.8, 4) is 0 Å². The number of carbonyl (C=O) groups is 1. The van der Waals surface area contributed by atoms with Crippen LogP contribution in [0.2, 0.25) is 0 Å². The molecule has 1 aliphatic rings. The van der Waals surface area contributed by atoms with Gasteiger partial charge in [-0.25, -0.2) is 4.98 Å². The molecule has 2 unspecified atom stereocenters. The molecule has 1 heterocycles. The second-order valence-corrected chi connectivity index (χ2v) is 5.14. The van der Waals surface area contributed by atoms with Gasteiger partial charge in [-0.15, -0.1) is 11.3 Å². The molecule has 5 heteroatoms. The lowest BCUT2D eigenvalue weighted by Gasteiger charge is -2.16.